The van der Waals surface area contributed by atoms with Crippen molar-refractivity contribution in [2.24, 2.45) is 0 Å². The van der Waals surface area contributed by atoms with Crippen LogP contribution >= 0.6 is 0 Å². The molecule has 3 rings (SSSR count). The number of fused-ring (bicyclic) bond motifs is 1. The van der Waals surface area contributed by atoms with Gasteiger partial charge in [0, 0.05) is 0 Å². The summed E-state index contributed by atoms with van der Waals surface area (Å²) in [5.41, 5.74) is 2.80. The van der Waals surface area contributed by atoms with E-state index >= 15 is 0 Å². The van der Waals surface area contributed by atoms with E-state index in [2.05, 4.69) is 54.6 Å². The molecule has 0 fully saturated rings. The number of rotatable bonds is 1. The van der Waals surface area contributed by atoms with Crippen molar-refractivity contribution in [3.8, 4) is 0 Å². The molecule has 1 radical (unpaired) electrons. The average molecular weight is 341 g/mol. The summed E-state index contributed by atoms with van der Waals surface area (Å²) < 4.78 is 0. The predicted octanol–water partition coefficient (Wildman–Crippen LogP) is -2.09. The van der Waals surface area contributed by atoms with Crippen LogP contribution in [0.15, 0.2) is 54.6 Å². The third-order valence-corrected chi connectivity index (χ3v) is 2.76. The summed E-state index contributed by atoms with van der Waals surface area (Å²) in [5.74, 6) is 0. The Labute approximate surface area is 133 Å². The van der Waals surface area contributed by atoms with Gasteiger partial charge in [-0.15, -0.1) is 40.1 Å². The maximum atomic E-state index is 2.27. The molecule has 0 unspecified atom stereocenters. The van der Waals surface area contributed by atoms with Crippen LogP contribution in [0.25, 0.3) is 16.3 Å². The third-order valence-electron chi connectivity index (χ3n) is 2.76. The average Bonchev–Trinajstić information content (AvgIpc) is 2.86. The van der Waals surface area contributed by atoms with Gasteiger partial charge in [-0.2, -0.15) is 0 Å². The van der Waals surface area contributed by atoms with Crippen molar-refractivity contribution in [3.05, 3.63) is 60.2 Å². The molecular formula is C14H11Cl2Zr. The molecule has 1 aliphatic carbocycles. The van der Waals surface area contributed by atoms with Gasteiger partial charge in [0.15, 0.2) is 0 Å². The van der Waals surface area contributed by atoms with E-state index in [4.69, 9.17) is 0 Å². The molecule has 0 amide bonds. The Morgan fingerprint density at radius 3 is 2.47 bits per heavy atom. The molecule has 0 saturated carbocycles. The number of benzene rings is 1. The maximum Gasteiger partial charge on any atom is 3.00 e. The van der Waals surface area contributed by atoms with Crippen LogP contribution in [0.4, 0.5) is 0 Å². The summed E-state index contributed by atoms with van der Waals surface area (Å²) in [5, 5.41) is 2.69. The summed E-state index contributed by atoms with van der Waals surface area (Å²) in [4.78, 5) is 0. The standard InChI is InChI=1S/C14H11.2ClH.Zr/c1-2-6-11(5-1)14-9-12-7-3-4-8-13(12)10-14;;;/h1-5,7-10H,6H2;2*1H;/q-1;;;+3/p-2. The Morgan fingerprint density at radius 1 is 1.06 bits per heavy atom. The molecule has 0 aromatic heterocycles. The summed E-state index contributed by atoms with van der Waals surface area (Å²) in [6.45, 7) is 0. The molecule has 0 nitrogen and oxygen atoms in total. The summed E-state index contributed by atoms with van der Waals surface area (Å²) >= 11 is 0. The van der Waals surface area contributed by atoms with Gasteiger partial charge in [0.2, 0.25) is 0 Å². The molecule has 0 saturated heterocycles. The van der Waals surface area contributed by atoms with Gasteiger partial charge in [0.25, 0.3) is 0 Å². The van der Waals surface area contributed by atoms with Crippen LogP contribution in [0, 0.1) is 0 Å². The Bertz CT molecular complexity index is 505. The molecule has 3 heteroatoms. The zero-order valence-electron chi connectivity index (χ0n) is 9.16. The molecular weight excluding hydrogens is 330 g/mol. The number of hydrogen-bond donors (Lipinski definition) is 0. The number of halogens is 2. The van der Waals surface area contributed by atoms with E-state index < -0.39 is 0 Å². The van der Waals surface area contributed by atoms with Crippen LogP contribution in [-0.4, -0.2) is 0 Å². The molecule has 1 aliphatic rings. The van der Waals surface area contributed by atoms with Crippen LogP contribution in [0.3, 0.4) is 0 Å². The Kier molecular flexibility index (Phi) is 7.16. The van der Waals surface area contributed by atoms with Crippen LogP contribution in [-0.2, 0) is 26.2 Å². The van der Waals surface area contributed by atoms with Crippen molar-refractivity contribution in [1.29, 1.82) is 0 Å². The van der Waals surface area contributed by atoms with E-state index in [0.717, 1.165) is 6.42 Å². The van der Waals surface area contributed by atoms with E-state index in [0.29, 0.717) is 0 Å². The Morgan fingerprint density at radius 2 is 1.82 bits per heavy atom. The minimum Gasteiger partial charge on any atom is -1.00 e. The second kappa shape index (κ2) is 7.26. The fourth-order valence-corrected chi connectivity index (χ4v) is 2.00. The quantitative estimate of drug-likeness (QED) is 0.522. The van der Waals surface area contributed by atoms with Crippen molar-refractivity contribution < 1.29 is 51.0 Å². The first kappa shape index (κ1) is 16.8. The zero-order valence-corrected chi connectivity index (χ0v) is 13.1. The minimum atomic E-state index is 0. The van der Waals surface area contributed by atoms with Gasteiger partial charge in [-0.1, -0.05) is 36.4 Å². The maximum absolute atomic E-state index is 2.27. The molecule has 2 aromatic carbocycles. The molecule has 85 valence electrons. The van der Waals surface area contributed by atoms with E-state index in [-0.39, 0.29) is 51.0 Å². The topological polar surface area (TPSA) is 0 Å². The molecule has 2 aromatic rings. The summed E-state index contributed by atoms with van der Waals surface area (Å²) in [6, 6.07) is 13.1. The van der Waals surface area contributed by atoms with Gasteiger partial charge >= 0.3 is 26.2 Å². The smallest absolute Gasteiger partial charge is 1.00 e. The molecule has 0 spiro atoms. The van der Waals surface area contributed by atoms with E-state index in [1.807, 2.05) is 0 Å². The SMILES string of the molecule is C1=CCC(c2cc3ccccc3[cH-]2)=C1.[Cl-].[Cl-].[Zr+3]. The Hall–Kier alpha value is -0.227. The zero-order chi connectivity index (χ0) is 9.38. The van der Waals surface area contributed by atoms with Crippen LogP contribution in [0.1, 0.15) is 12.0 Å². The molecule has 17 heavy (non-hydrogen) atoms. The molecule has 0 N–H and O–H groups in total. The van der Waals surface area contributed by atoms with Gasteiger partial charge < -0.3 is 24.8 Å². The van der Waals surface area contributed by atoms with Crippen molar-refractivity contribution in [1.82, 2.24) is 0 Å². The fraction of sp³-hybridized carbons (Fsp3) is 0.0714. The minimum absolute atomic E-state index is 0. The normalized spacial score (nSPS) is 12.4. The first-order valence-electron chi connectivity index (χ1n) is 4.95. The van der Waals surface area contributed by atoms with Gasteiger partial charge in [0.05, 0.1) is 0 Å². The second-order valence-corrected chi connectivity index (χ2v) is 3.70. The van der Waals surface area contributed by atoms with Gasteiger partial charge in [-0.3, -0.25) is 0 Å². The van der Waals surface area contributed by atoms with Crippen molar-refractivity contribution in [2.45, 2.75) is 6.42 Å². The molecule has 0 heterocycles. The fourth-order valence-electron chi connectivity index (χ4n) is 2.00. The van der Waals surface area contributed by atoms with E-state index in [1.165, 1.54) is 21.9 Å². The molecule has 0 atom stereocenters. The van der Waals surface area contributed by atoms with E-state index in [1.54, 1.807) is 0 Å². The number of hydrogen-bond acceptors (Lipinski definition) is 0. The van der Waals surface area contributed by atoms with Crippen LogP contribution in [0.2, 0.25) is 0 Å². The van der Waals surface area contributed by atoms with Crippen molar-refractivity contribution in [2.75, 3.05) is 0 Å². The van der Waals surface area contributed by atoms with E-state index in [9.17, 15) is 0 Å². The predicted molar refractivity (Wildman–Crippen MR) is 61.3 cm³/mol. The Balaban J connectivity index is 0.000000853. The first-order valence-corrected chi connectivity index (χ1v) is 4.95. The second-order valence-electron chi connectivity index (χ2n) is 3.70. The van der Waals surface area contributed by atoms with Gasteiger partial charge in [-0.05, 0) is 6.42 Å². The third kappa shape index (κ3) is 3.38. The van der Waals surface area contributed by atoms with Crippen molar-refractivity contribution in [3.63, 3.8) is 0 Å². The van der Waals surface area contributed by atoms with Crippen molar-refractivity contribution >= 4 is 16.3 Å². The van der Waals surface area contributed by atoms with Crippen LogP contribution in [0.5, 0.6) is 0 Å². The summed E-state index contributed by atoms with van der Waals surface area (Å²) in [6.07, 6.45) is 7.62. The monoisotopic (exact) mass is 339 g/mol. The first-order chi connectivity index (χ1) is 6.93. The largest absolute Gasteiger partial charge is 3.00 e. The number of allylic oxidation sites excluding steroid dienone is 4. The molecule has 0 bridgehead atoms. The van der Waals surface area contributed by atoms with Crippen LogP contribution < -0.4 is 24.8 Å². The van der Waals surface area contributed by atoms with Gasteiger partial charge in [-0.25, -0.2) is 0 Å². The summed E-state index contributed by atoms with van der Waals surface area (Å²) in [7, 11) is 0. The molecule has 0 aliphatic heterocycles. The van der Waals surface area contributed by atoms with Gasteiger partial charge in [0.1, 0.15) is 0 Å².